The lowest BCUT2D eigenvalue weighted by Gasteiger charge is -2.48. The topological polar surface area (TPSA) is 273 Å². The zero-order valence-electron chi connectivity index (χ0n) is 66.5. The summed E-state index contributed by atoms with van der Waals surface area (Å²) >= 11 is 0. The summed E-state index contributed by atoms with van der Waals surface area (Å²) in [6.45, 7) is 15.8. The Morgan fingerprint density at radius 2 is 1.12 bits per heavy atom. The second kappa shape index (κ2) is 53.0. The molecule has 0 aromatic carbocycles. The number of unbranched alkanes of at least 4 members (excludes halogenated alkanes) is 24. The van der Waals surface area contributed by atoms with Gasteiger partial charge in [0.25, 0.3) is 11.7 Å². The highest BCUT2D eigenvalue weighted by Gasteiger charge is 2.59. The Hall–Kier alpha value is -4.90. The number of Topliss-reactive ketones (excluding diaryl/α,β-unsaturated/α-hetero) is 2. The van der Waals surface area contributed by atoms with Crippen molar-refractivity contribution in [3.05, 3.63) is 36.0 Å². The number of rotatable bonds is 46. The zero-order valence-corrected chi connectivity index (χ0v) is 66.5. The van der Waals surface area contributed by atoms with Gasteiger partial charge in [0.15, 0.2) is 12.9 Å². The predicted octanol–water partition coefficient (Wildman–Crippen LogP) is 15.9. The normalized spacial score (nSPS) is 27.5. The molecule has 2 bridgehead atoms. The highest BCUT2D eigenvalue weighted by atomic mass is 16.8. The van der Waals surface area contributed by atoms with Crippen LogP contribution in [-0.4, -0.2) is 171 Å². The average molecular weight is 1490 g/mol. The van der Waals surface area contributed by atoms with Gasteiger partial charge in [0.2, 0.25) is 5.79 Å². The van der Waals surface area contributed by atoms with Crippen LogP contribution < -0.4 is 0 Å². The van der Waals surface area contributed by atoms with Crippen molar-refractivity contribution >= 4 is 47.3 Å². The zero-order chi connectivity index (χ0) is 76.9. The third-order valence-electron chi connectivity index (χ3n) is 22.0. The average Bonchev–Trinajstić information content (AvgIpc) is 0.793. The number of aliphatic hydroxyl groups is 2. The Kier molecular flexibility index (Phi) is 46.7. The van der Waals surface area contributed by atoms with Crippen LogP contribution >= 0.6 is 0 Å². The van der Waals surface area contributed by atoms with Crippen LogP contribution in [0.4, 0.5) is 0 Å². The molecule has 1 unspecified atom stereocenters. The van der Waals surface area contributed by atoms with Gasteiger partial charge < -0.3 is 62.5 Å². The third kappa shape index (κ3) is 34.3. The fourth-order valence-corrected chi connectivity index (χ4v) is 15.6. The van der Waals surface area contributed by atoms with Gasteiger partial charge in [-0.2, -0.15) is 0 Å². The summed E-state index contributed by atoms with van der Waals surface area (Å²) in [5.41, 5.74) is 1.48. The summed E-state index contributed by atoms with van der Waals surface area (Å²) < 4.78 is 60.0. The number of fused-ring (bicyclic) bond motifs is 3. The van der Waals surface area contributed by atoms with E-state index in [0.29, 0.717) is 69.8 Å². The van der Waals surface area contributed by atoms with E-state index in [1.54, 1.807) is 34.0 Å². The molecule has 602 valence electrons. The molecular formula is C84H141NO20. The number of esters is 5. The summed E-state index contributed by atoms with van der Waals surface area (Å²) in [5.74, 6) is -11.2. The highest BCUT2D eigenvalue weighted by Crippen LogP contribution is 2.42. The fraction of sp³-hybridized carbons (Fsp3) is 0.833. The van der Waals surface area contributed by atoms with E-state index in [1.165, 1.54) is 135 Å². The van der Waals surface area contributed by atoms with Crippen molar-refractivity contribution in [2.24, 2.45) is 29.6 Å². The van der Waals surface area contributed by atoms with Gasteiger partial charge in [-0.15, -0.1) is 6.58 Å². The van der Waals surface area contributed by atoms with E-state index in [2.05, 4.69) is 20.4 Å². The number of carbonyl (C=O) groups excluding carboxylic acids is 8. The maximum atomic E-state index is 15.6. The van der Waals surface area contributed by atoms with E-state index in [0.717, 1.165) is 44.1 Å². The van der Waals surface area contributed by atoms with Crippen molar-refractivity contribution in [3.8, 4) is 0 Å². The van der Waals surface area contributed by atoms with Gasteiger partial charge in [-0.05, 0) is 108 Å². The number of methoxy groups -OCH3 is 3. The molecule has 0 aromatic heterocycles. The van der Waals surface area contributed by atoms with Crippen molar-refractivity contribution in [2.75, 3.05) is 47.9 Å². The first kappa shape index (κ1) is 92.5. The Bertz CT molecular complexity index is 2560. The van der Waals surface area contributed by atoms with Crippen molar-refractivity contribution in [2.45, 2.75) is 372 Å². The molecule has 3 aliphatic heterocycles. The lowest BCUT2D eigenvalue weighted by Crippen LogP contribution is -2.65. The Morgan fingerprint density at radius 3 is 1.65 bits per heavy atom. The van der Waals surface area contributed by atoms with Crippen LogP contribution in [0.1, 0.15) is 312 Å². The first-order valence-electron chi connectivity index (χ1n) is 41.0. The van der Waals surface area contributed by atoms with E-state index in [1.807, 2.05) is 26.0 Å². The number of amides is 1. The maximum absolute atomic E-state index is 15.6. The lowest BCUT2D eigenvalue weighted by atomic mass is 9.81. The molecule has 105 heavy (non-hydrogen) atoms. The van der Waals surface area contributed by atoms with Crippen LogP contribution in [0.5, 0.6) is 0 Å². The largest absolute Gasteiger partial charge is 0.462 e. The highest BCUT2D eigenvalue weighted by molar-refractivity contribution is 6.39. The summed E-state index contributed by atoms with van der Waals surface area (Å²) in [5, 5.41) is 22.7. The van der Waals surface area contributed by atoms with E-state index < -0.39 is 140 Å². The number of cyclic esters (lactones) is 1. The van der Waals surface area contributed by atoms with Gasteiger partial charge >= 0.3 is 29.8 Å². The number of hydrogen-bond acceptors (Lipinski definition) is 20. The molecule has 2 saturated heterocycles. The molecule has 0 aromatic rings. The third-order valence-corrected chi connectivity index (χ3v) is 22.0. The molecule has 1 aliphatic carbocycles. The molecule has 0 radical (unpaired) electrons. The number of piperidine rings is 1. The maximum Gasteiger partial charge on any atom is 0.329 e. The standard InChI is InChI=1S/C84H141NO20/c1-12-15-17-19-21-23-25-27-29-31-33-35-37-43-75(89)99-57-67(58-100-76(90)44-38-36-34-32-30-28-26-24-22-20-18-16-13-2)103-78(92)48-47-77(91)101-59-102-84-63(7)54-74(98-11)80(105-84)73(97-10)52-61(5)50-60(4)51-66(41-14-3)71(88)56-70(87)64(8)79(62(6)53-65-45-46-69(86)72(55-65)96-9)104-83(95)68-42-39-40-49-85(68)82(94)81(84)93/h14,51,53,61,63-70,72-74,79-80,86-87H,3,12-13,15-50,52,54-59H2,1-2,4-11H3/b60-51+,62-53+/t61-,63+,64+,65?,66+,68-,69+,70-,72+,73-,74-,79+,80+,84+/m0/s1. The Balaban J connectivity index is 1.53. The number of hydrogen-bond donors (Lipinski definition) is 2. The number of ketones is 2. The predicted molar refractivity (Wildman–Crippen MR) is 404 cm³/mol. The first-order valence-corrected chi connectivity index (χ1v) is 41.0. The van der Waals surface area contributed by atoms with Crippen molar-refractivity contribution in [1.29, 1.82) is 0 Å². The first-order chi connectivity index (χ1) is 50.6. The minimum absolute atomic E-state index is 0.0288. The van der Waals surface area contributed by atoms with Crippen molar-refractivity contribution < 1.29 is 95.9 Å². The van der Waals surface area contributed by atoms with Crippen LogP contribution in [0, 0.1) is 29.6 Å². The molecule has 4 aliphatic rings. The van der Waals surface area contributed by atoms with Crippen LogP contribution in [0.15, 0.2) is 36.0 Å². The molecule has 3 fully saturated rings. The monoisotopic (exact) mass is 1480 g/mol. The summed E-state index contributed by atoms with van der Waals surface area (Å²) in [6, 6.07) is -1.29. The number of nitrogens with zero attached hydrogens (tertiary/aromatic N) is 1. The van der Waals surface area contributed by atoms with E-state index >= 15 is 9.59 Å². The number of allylic oxidation sites excluding steroid dienone is 4. The second-order valence-corrected chi connectivity index (χ2v) is 31.0. The molecular weight excluding hydrogens is 1340 g/mol. The van der Waals surface area contributed by atoms with E-state index in [4.69, 9.17) is 47.4 Å². The quantitative estimate of drug-likeness (QED) is 0.0143. The minimum atomic E-state index is -2.47. The lowest BCUT2D eigenvalue weighted by molar-refractivity contribution is -0.332. The molecule has 1 amide bonds. The molecule has 1 saturated carbocycles. The van der Waals surface area contributed by atoms with Crippen LogP contribution in [0.25, 0.3) is 0 Å². The van der Waals surface area contributed by atoms with Gasteiger partial charge in [-0.25, -0.2) is 4.79 Å². The molecule has 0 spiro atoms. The summed E-state index contributed by atoms with van der Waals surface area (Å²) in [4.78, 5) is 115. The molecule has 3 heterocycles. The summed E-state index contributed by atoms with van der Waals surface area (Å²) in [6.07, 6.45) is 31.4. The van der Waals surface area contributed by atoms with E-state index in [9.17, 15) is 39.0 Å². The Labute approximate surface area is 631 Å². The number of carbonyl (C=O) groups is 8. The summed E-state index contributed by atoms with van der Waals surface area (Å²) in [7, 11) is 4.54. The Morgan fingerprint density at radius 1 is 0.619 bits per heavy atom. The van der Waals surface area contributed by atoms with Gasteiger partial charge in [0.05, 0.1) is 43.4 Å². The second-order valence-electron chi connectivity index (χ2n) is 31.0. The fourth-order valence-electron chi connectivity index (χ4n) is 15.6. The molecule has 14 atom stereocenters. The van der Waals surface area contributed by atoms with Gasteiger partial charge in [0.1, 0.15) is 37.2 Å². The molecule has 2 N–H and O–H groups in total. The SMILES string of the molecule is C=CC[C@@H]1/C=C(\C)C[C@H](C)C[C@H](OC)[C@H]2O[C@@](OCOC(=O)CCC(=O)OC(COC(=O)CCCCCCCCCCCCCCC)COC(=O)CCCCCCCCCCCCCCC)(C(=O)C(=O)N3CCCC[C@H]3C(=O)O[C@H](/C(C)=C/C3CC[C@@H](O)[C@H](OC)C3)[C@H](C)[C@@H](O)CC1=O)[C@H](C)C[C@@H]2OC. The number of ether oxygens (including phenoxy) is 10. The van der Waals surface area contributed by atoms with Gasteiger partial charge in [0, 0.05) is 64.9 Å². The van der Waals surface area contributed by atoms with Crippen LogP contribution in [-0.2, 0) is 85.7 Å². The molecule has 21 heteroatoms. The molecule has 4 rings (SSSR count). The molecule has 21 nitrogen and oxygen atoms in total. The van der Waals surface area contributed by atoms with Gasteiger partial charge in [-0.1, -0.05) is 213 Å². The van der Waals surface area contributed by atoms with Crippen molar-refractivity contribution in [1.82, 2.24) is 4.90 Å². The number of aliphatic hydroxyl groups excluding tert-OH is 2. The van der Waals surface area contributed by atoms with Crippen LogP contribution in [0.2, 0.25) is 0 Å². The van der Waals surface area contributed by atoms with Gasteiger partial charge in [-0.3, -0.25) is 33.6 Å². The van der Waals surface area contributed by atoms with Crippen molar-refractivity contribution in [3.63, 3.8) is 0 Å². The minimum Gasteiger partial charge on any atom is -0.462 e. The van der Waals surface area contributed by atoms with Crippen LogP contribution in [0.3, 0.4) is 0 Å². The van der Waals surface area contributed by atoms with E-state index in [-0.39, 0.29) is 69.5 Å². The smallest absolute Gasteiger partial charge is 0.329 e.